The van der Waals surface area contributed by atoms with E-state index in [1.165, 1.54) is 12.5 Å². The van der Waals surface area contributed by atoms with Gasteiger partial charge in [-0.1, -0.05) is 19.6 Å². The van der Waals surface area contributed by atoms with Crippen LogP contribution in [0.1, 0.15) is 32.9 Å². The lowest BCUT2D eigenvalue weighted by molar-refractivity contribution is -0.113. The van der Waals surface area contributed by atoms with Crippen molar-refractivity contribution in [2.75, 3.05) is 7.05 Å². The summed E-state index contributed by atoms with van der Waals surface area (Å²) in [5.41, 5.74) is 4.62. The largest absolute Gasteiger partial charge is 0.351 e. The molecular formula is C21H25N3O. The van der Waals surface area contributed by atoms with E-state index >= 15 is 0 Å². The molecule has 4 nitrogen and oxygen atoms in total. The minimum Gasteiger partial charge on any atom is -0.351 e. The molecule has 0 amide bonds. The molecule has 25 heavy (non-hydrogen) atoms. The molecule has 0 aromatic carbocycles. The lowest BCUT2D eigenvalue weighted by Gasteiger charge is -2.17. The van der Waals surface area contributed by atoms with E-state index in [2.05, 4.69) is 35.7 Å². The predicted molar refractivity (Wildman–Crippen MR) is 105 cm³/mol. The van der Waals surface area contributed by atoms with Gasteiger partial charge in [0.05, 0.1) is 0 Å². The molecule has 0 atom stereocenters. The number of pyridine rings is 1. The first-order valence-corrected chi connectivity index (χ1v) is 8.38. The number of nitrogens with one attached hydrogen (secondary N) is 1. The number of fused-ring (bicyclic) bond motifs is 1. The molecule has 4 heteroatoms. The van der Waals surface area contributed by atoms with Crippen molar-refractivity contribution in [2.45, 2.75) is 27.2 Å². The zero-order chi connectivity index (χ0) is 18.4. The summed E-state index contributed by atoms with van der Waals surface area (Å²) in [6.45, 7) is 9.38. The normalized spacial score (nSPS) is 12.8. The van der Waals surface area contributed by atoms with E-state index in [0.29, 0.717) is 5.57 Å². The molecule has 0 radical (unpaired) electrons. The average Bonchev–Trinajstić information content (AvgIpc) is 3.03. The third kappa shape index (κ3) is 4.57. The number of rotatable bonds is 7. The highest BCUT2D eigenvalue weighted by atomic mass is 16.1. The number of hydrogen-bond acceptors (Lipinski definition) is 3. The van der Waals surface area contributed by atoms with Gasteiger partial charge < -0.3 is 9.88 Å². The molecule has 0 aliphatic rings. The van der Waals surface area contributed by atoms with E-state index < -0.39 is 0 Å². The van der Waals surface area contributed by atoms with Crippen LogP contribution in [0.5, 0.6) is 0 Å². The number of ketones is 1. The maximum Gasteiger partial charge on any atom is 0.159 e. The second kappa shape index (κ2) is 8.29. The van der Waals surface area contributed by atoms with Gasteiger partial charge in [0.1, 0.15) is 5.65 Å². The third-order valence-corrected chi connectivity index (χ3v) is 4.08. The van der Waals surface area contributed by atoms with Gasteiger partial charge in [-0.15, -0.1) is 0 Å². The first-order valence-electron chi connectivity index (χ1n) is 8.38. The number of carbonyl (C=O) groups is 1. The van der Waals surface area contributed by atoms with Gasteiger partial charge >= 0.3 is 0 Å². The number of allylic oxidation sites excluding steroid dienone is 5. The van der Waals surface area contributed by atoms with Crippen LogP contribution in [-0.4, -0.2) is 27.7 Å². The molecule has 0 saturated carbocycles. The minimum atomic E-state index is -0.0234. The number of aromatic amines is 1. The summed E-state index contributed by atoms with van der Waals surface area (Å²) in [7, 11) is 1.99. The van der Waals surface area contributed by atoms with Gasteiger partial charge in [0, 0.05) is 41.8 Å². The smallest absolute Gasteiger partial charge is 0.159 e. The number of carbonyl (C=O) groups excluding carboxylic acids is 1. The number of likely N-dealkylation sites (N-methyl/N-ethyl adjacent to an activating group) is 1. The van der Waals surface area contributed by atoms with Crippen molar-refractivity contribution in [3.8, 4) is 0 Å². The molecule has 0 bridgehead atoms. The Kier molecular flexibility index (Phi) is 6.12. The fraction of sp³-hybridized carbons (Fsp3) is 0.238. The van der Waals surface area contributed by atoms with Crippen LogP contribution in [0.4, 0.5) is 0 Å². The van der Waals surface area contributed by atoms with E-state index in [9.17, 15) is 4.79 Å². The first-order chi connectivity index (χ1) is 12.0. The molecular weight excluding hydrogens is 310 g/mol. The van der Waals surface area contributed by atoms with E-state index in [0.717, 1.165) is 28.8 Å². The number of H-pyrrole nitrogens is 1. The van der Waals surface area contributed by atoms with Gasteiger partial charge in [-0.3, -0.25) is 4.79 Å². The molecule has 0 fully saturated rings. The molecule has 0 saturated heterocycles. The van der Waals surface area contributed by atoms with Crippen LogP contribution in [0.15, 0.2) is 66.7 Å². The first kappa shape index (κ1) is 18.5. The Balaban J connectivity index is 2.27. The molecule has 2 aromatic rings. The van der Waals surface area contributed by atoms with Crippen molar-refractivity contribution in [2.24, 2.45) is 0 Å². The third-order valence-electron chi connectivity index (χ3n) is 4.08. The number of Topliss-reactive ketones (excluding diaryl/α,β-unsaturated/α-hetero) is 1. The predicted octanol–water partition coefficient (Wildman–Crippen LogP) is 4.85. The van der Waals surface area contributed by atoms with Crippen LogP contribution in [0, 0.1) is 0 Å². The quantitative estimate of drug-likeness (QED) is 0.581. The summed E-state index contributed by atoms with van der Waals surface area (Å²) < 4.78 is 0. The van der Waals surface area contributed by atoms with Gasteiger partial charge in [0.25, 0.3) is 0 Å². The maximum absolute atomic E-state index is 11.3. The highest BCUT2D eigenvalue weighted by Crippen LogP contribution is 2.23. The SMILES string of the molecule is C=C(/C=C\C(=C/C)N(C)/C=C(\CC)c1cc2cccnc2[nH]1)C(C)=O. The van der Waals surface area contributed by atoms with E-state index in [1.807, 2.05) is 43.2 Å². The van der Waals surface area contributed by atoms with Crippen LogP contribution >= 0.6 is 0 Å². The van der Waals surface area contributed by atoms with E-state index in [-0.39, 0.29) is 5.78 Å². The molecule has 2 heterocycles. The summed E-state index contributed by atoms with van der Waals surface area (Å²) in [4.78, 5) is 21.1. The van der Waals surface area contributed by atoms with Crippen LogP contribution in [0.3, 0.4) is 0 Å². The van der Waals surface area contributed by atoms with Crippen molar-refractivity contribution < 1.29 is 4.79 Å². The Morgan fingerprint density at radius 1 is 1.40 bits per heavy atom. The van der Waals surface area contributed by atoms with Crippen LogP contribution < -0.4 is 0 Å². The second-order valence-corrected chi connectivity index (χ2v) is 5.87. The Morgan fingerprint density at radius 2 is 2.16 bits per heavy atom. The van der Waals surface area contributed by atoms with Crippen molar-refractivity contribution in [3.63, 3.8) is 0 Å². The molecule has 2 rings (SSSR count). The zero-order valence-electron chi connectivity index (χ0n) is 15.3. The summed E-state index contributed by atoms with van der Waals surface area (Å²) in [6, 6.07) is 6.10. The highest BCUT2D eigenvalue weighted by Gasteiger charge is 2.07. The zero-order valence-corrected chi connectivity index (χ0v) is 15.3. The van der Waals surface area contributed by atoms with Crippen molar-refractivity contribution in [1.82, 2.24) is 14.9 Å². The molecule has 0 spiro atoms. The number of nitrogens with zero attached hydrogens (tertiary/aromatic N) is 2. The Hall–Kier alpha value is -2.88. The van der Waals surface area contributed by atoms with Gasteiger partial charge in [0.15, 0.2) is 5.78 Å². The lowest BCUT2D eigenvalue weighted by Crippen LogP contribution is -2.09. The molecule has 1 N–H and O–H groups in total. The summed E-state index contributed by atoms with van der Waals surface area (Å²) in [6.07, 6.45) is 10.4. The van der Waals surface area contributed by atoms with E-state index in [4.69, 9.17) is 0 Å². The Labute approximate surface area is 149 Å². The molecule has 0 aliphatic carbocycles. The molecule has 0 aliphatic heterocycles. The second-order valence-electron chi connectivity index (χ2n) is 5.87. The fourth-order valence-electron chi connectivity index (χ4n) is 2.51. The summed E-state index contributed by atoms with van der Waals surface area (Å²) in [5, 5.41) is 1.10. The molecule has 0 unspecified atom stereocenters. The molecule has 130 valence electrons. The van der Waals surface area contributed by atoms with Crippen molar-refractivity contribution in [1.29, 1.82) is 0 Å². The maximum atomic E-state index is 11.3. The monoisotopic (exact) mass is 335 g/mol. The van der Waals surface area contributed by atoms with Crippen LogP contribution in [0.25, 0.3) is 16.6 Å². The average molecular weight is 335 g/mol. The van der Waals surface area contributed by atoms with Crippen molar-refractivity contribution in [3.05, 3.63) is 72.4 Å². The Morgan fingerprint density at radius 3 is 2.76 bits per heavy atom. The van der Waals surface area contributed by atoms with Gasteiger partial charge in [-0.2, -0.15) is 0 Å². The van der Waals surface area contributed by atoms with Gasteiger partial charge in [0.2, 0.25) is 0 Å². The van der Waals surface area contributed by atoms with Gasteiger partial charge in [-0.25, -0.2) is 4.98 Å². The number of hydrogen-bond donors (Lipinski definition) is 1. The summed E-state index contributed by atoms with van der Waals surface area (Å²) in [5.74, 6) is -0.0234. The highest BCUT2D eigenvalue weighted by molar-refractivity contribution is 5.95. The molecule has 2 aromatic heterocycles. The minimum absolute atomic E-state index is 0.0234. The Bertz CT molecular complexity index is 835. The van der Waals surface area contributed by atoms with Crippen LogP contribution in [-0.2, 0) is 4.79 Å². The number of aromatic nitrogens is 2. The lowest BCUT2D eigenvalue weighted by atomic mass is 10.1. The van der Waals surface area contributed by atoms with Crippen molar-refractivity contribution >= 4 is 22.4 Å². The van der Waals surface area contributed by atoms with Gasteiger partial charge in [-0.05, 0) is 56.2 Å². The topological polar surface area (TPSA) is 49.0 Å². The fourth-order valence-corrected chi connectivity index (χ4v) is 2.51. The summed E-state index contributed by atoms with van der Waals surface area (Å²) >= 11 is 0. The van der Waals surface area contributed by atoms with E-state index in [1.54, 1.807) is 12.3 Å². The standard InChI is InChI=1S/C21H25N3O/c1-6-17(20-13-18-9-8-12-22-21(18)23-20)14-24(5)19(7-2)11-10-15(3)16(4)25/h7-14H,3,6H2,1-2,4-5H3,(H,22,23)/b11-10-,17-14+,19-7+. The van der Waals surface area contributed by atoms with Crippen LogP contribution in [0.2, 0.25) is 0 Å².